The summed E-state index contributed by atoms with van der Waals surface area (Å²) in [5.74, 6) is -0.433. The zero-order valence-corrected chi connectivity index (χ0v) is 18.8. The molecule has 1 atom stereocenters. The van der Waals surface area contributed by atoms with Gasteiger partial charge in [0.15, 0.2) is 11.6 Å². The van der Waals surface area contributed by atoms with E-state index in [0.717, 1.165) is 49.7 Å². The van der Waals surface area contributed by atoms with Crippen molar-refractivity contribution in [3.05, 3.63) is 72.4 Å². The van der Waals surface area contributed by atoms with Crippen molar-refractivity contribution in [1.82, 2.24) is 15.5 Å². The molecule has 2 heterocycles. The van der Waals surface area contributed by atoms with E-state index in [1.807, 2.05) is 13.0 Å². The van der Waals surface area contributed by atoms with Crippen molar-refractivity contribution in [3.63, 3.8) is 0 Å². The molecule has 1 amide bonds. The van der Waals surface area contributed by atoms with Gasteiger partial charge in [-0.05, 0) is 57.3 Å². The van der Waals surface area contributed by atoms with Crippen molar-refractivity contribution in [2.24, 2.45) is 4.99 Å². The van der Waals surface area contributed by atoms with E-state index in [9.17, 15) is 9.18 Å². The molecule has 5 nitrogen and oxygen atoms in total. The number of hydrogen-bond acceptors (Lipinski definition) is 4. The summed E-state index contributed by atoms with van der Waals surface area (Å²) in [5, 5.41) is 6.49. The number of piperidine rings is 1. The second-order valence-corrected chi connectivity index (χ2v) is 8.12. The van der Waals surface area contributed by atoms with Crippen LogP contribution in [0.25, 0.3) is 0 Å². The summed E-state index contributed by atoms with van der Waals surface area (Å²) in [6, 6.07) is -0.0654. The number of carbonyl (C=O) groups excluding carboxylic acids is 1. The standard InChI is InChI=1S/C25H35FN4O/c1-6-23(26)25(29-22-9-8-14-30(17-22)24(31)7-2)28-20(5)12-10-18(3)11-13-21-16-27-15-19(21)4/h6-7,11,13,22,27,29H,1-3,8-10,12,14-17H2,4-5H3/b13-11-,25-23-,28-20+/t22-/m1/s1. The summed E-state index contributed by atoms with van der Waals surface area (Å²) in [6.07, 6.45) is 9.76. The third kappa shape index (κ3) is 7.79. The minimum Gasteiger partial charge on any atom is -0.363 e. The number of allylic oxidation sites excluding steroid dienone is 4. The minimum atomic E-state index is -0.499. The van der Waals surface area contributed by atoms with Gasteiger partial charge in [0.25, 0.3) is 0 Å². The lowest BCUT2D eigenvalue weighted by atomic mass is 10.1. The molecular formula is C25H35FN4O. The molecule has 0 radical (unpaired) electrons. The molecule has 0 aromatic rings. The number of aliphatic imine (C=N–C) groups is 1. The topological polar surface area (TPSA) is 56.7 Å². The lowest BCUT2D eigenvalue weighted by Gasteiger charge is -2.33. The number of amides is 1. The third-order valence-electron chi connectivity index (χ3n) is 5.54. The number of carbonyl (C=O) groups is 1. The first-order valence-corrected chi connectivity index (χ1v) is 10.8. The number of rotatable bonds is 10. The molecule has 1 fully saturated rings. The highest BCUT2D eigenvalue weighted by Gasteiger charge is 2.23. The molecule has 31 heavy (non-hydrogen) atoms. The van der Waals surface area contributed by atoms with E-state index >= 15 is 0 Å². The van der Waals surface area contributed by atoms with E-state index in [-0.39, 0.29) is 17.8 Å². The Morgan fingerprint density at radius 1 is 1.32 bits per heavy atom. The van der Waals surface area contributed by atoms with Crippen LogP contribution in [0.1, 0.15) is 39.5 Å². The molecule has 0 unspecified atom stereocenters. The highest BCUT2D eigenvalue weighted by Crippen LogP contribution is 2.17. The lowest BCUT2D eigenvalue weighted by molar-refractivity contribution is -0.127. The molecule has 1 saturated heterocycles. The average molecular weight is 427 g/mol. The molecule has 168 valence electrons. The maximum atomic E-state index is 14.4. The highest BCUT2D eigenvalue weighted by molar-refractivity contribution is 5.87. The highest BCUT2D eigenvalue weighted by atomic mass is 19.1. The van der Waals surface area contributed by atoms with Crippen LogP contribution >= 0.6 is 0 Å². The molecule has 2 rings (SSSR count). The van der Waals surface area contributed by atoms with Crippen molar-refractivity contribution >= 4 is 11.6 Å². The number of hydrogen-bond donors (Lipinski definition) is 2. The first kappa shape index (κ1) is 24.5. The lowest BCUT2D eigenvalue weighted by Crippen LogP contribution is -2.47. The Kier molecular flexibility index (Phi) is 9.66. The summed E-state index contributed by atoms with van der Waals surface area (Å²) in [4.78, 5) is 18.1. The fraction of sp³-hybridized carbons (Fsp3) is 0.440. The van der Waals surface area contributed by atoms with Crippen LogP contribution in [-0.4, -0.2) is 48.7 Å². The van der Waals surface area contributed by atoms with Gasteiger partial charge < -0.3 is 15.5 Å². The first-order valence-electron chi connectivity index (χ1n) is 10.8. The zero-order chi connectivity index (χ0) is 22.8. The Balaban J connectivity index is 1.96. The van der Waals surface area contributed by atoms with Gasteiger partial charge in [-0.2, -0.15) is 0 Å². The molecule has 2 N–H and O–H groups in total. The smallest absolute Gasteiger partial charge is 0.246 e. The second-order valence-electron chi connectivity index (χ2n) is 8.12. The predicted octanol–water partition coefficient (Wildman–Crippen LogP) is 4.35. The Morgan fingerprint density at radius 3 is 2.74 bits per heavy atom. The van der Waals surface area contributed by atoms with Crippen molar-refractivity contribution < 1.29 is 9.18 Å². The molecule has 2 aliphatic heterocycles. The molecular weight excluding hydrogens is 391 g/mol. The van der Waals surface area contributed by atoms with Gasteiger partial charge in [-0.3, -0.25) is 4.79 Å². The summed E-state index contributed by atoms with van der Waals surface area (Å²) >= 11 is 0. The molecule has 0 aromatic heterocycles. The Hall–Kier alpha value is -2.73. The van der Waals surface area contributed by atoms with Crippen LogP contribution in [0.15, 0.2) is 77.4 Å². The van der Waals surface area contributed by atoms with E-state index in [1.165, 1.54) is 17.2 Å². The molecule has 0 aliphatic carbocycles. The summed E-state index contributed by atoms with van der Waals surface area (Å²) in [6.45, 7) is 18.2. The van der Waals surface area contributed by atoms with Crippen LogP contribution in [-0.2, 0) is 4.79 Å². The van der Waals surface area contributed by atoms with Crippen LogP contribution in [0.3, 0.4) is 0 Å². The number of nitrogens with one attached hydrogen (secondary N) is 2. The van der Waals surface area contributed by atoms with E-state index in [4.69, 9.17) is 0 Å². The fourth-order valence-electron chi connectivity index (χ4n) is 3.61. The molecule has 0 aromatic carbocycles. The van der Waals surface area contributed by atoms with E-state index in [2.05, 4.69) is 48.4 Å². The van der Waals surface area contributed by atoms with Gasteiger partial charge in [-0.15, -0.1) is 0 Å². The summed E-state index contributed by atoms with van der Waals surface area (Å²) < 4.78 is 14.4. The summed E-state index contributed by atoms with van der Waals surface area (Å²) in [5.41, 5.74) is 4.49. The Morgan fingerprint density at radius 2 is 2.10 bits per heavy atom. The molecule has 0 bridgehead atoms. The maximum absolute atomic E-state index is 14.4. The van der Waals surface area contributed by atoms with Gasteiger partial charge >= 0.3 is 0 Å². The second kappa shape index (κ2) is 12.2. The van der Waals surface area contributed by atoms with Gasteiger partial charge in [0.1, 0.15) is 0 Å². The predicted molar refractivity (Wildman–Crippen MR) is 127 cm³/mol. The largest absolute Gasteiger partial charge is 0.363 e. The van der Waals surface area contributed by atoms with Crippen molar-refractivity contribution in [1.29, 1.82) is 0 Å². The Labute approximate surface area is 185 Å². The quantitative estimate of drug-likeness (QED) is 0.310. The van der Waals surface area contributed by atoms with Crippen LogP contribution in [0.2, 0.25) is 0 Å². The van der Waals surface area contributed by atoms with Gasteiger partial charge in [0, 0.05) is 37.9 Å². The molecule has 0 spiro atoms. The zero-order valence-electron chi connectivity index (χ0n) is 18.8. The van der Waals surface area contributed by atoms with Gasteiger partial charge in [0.2, 0.25) is 5.91 Å². The third-order valence-corrected chi connectivity index (χ3v) is 5.54. The normalized spacial score (nSPS) is 20.7. The SMILES string of the molecule is C=CC(=O)N1CCC[C@@H](NC(/N=C(\C)CCC(=C)/C=C\C2=C(C)CNC2)=C(\F)C=C)C1. The average Bonchev–Trinajstić information content (AvgIpc) is 3.19. The number of nitrogens with zero attached hydrogens (tertiary/aromatic N) is 2. The molecule has 2 aliphatic rings. The molecule has 6 heteroatoms. The summed E-state index contributed by atoms with van der Waals surface area (Å²) in [7, 11) is 0. The van der Waals surface area contributed by atoms with Crippen LogP contribution in [0, 0.1) is 0 Å². The van der Waals surface area contributed by atoms with Crippen molar-refractivity contribution in [3.8, 4) is 0 Å². The van der Waals surface area contributed by atoms with Crippen molar-refractivity contribution in [2.75, 3.05) is 26.2 Å². The van der Waals surface area contributed by atoms with Crippen LogP contribution in [0.4, 0.5) is 4.39 Å². The van der Waals surface area contributed by atoms with Gasteiger partial charge in [0.05, 0.1) is 0 Å². The maximum Gasteiger partial charge on any atom is 0.246 e. The fourth-order valence-corrected chi connectivity index (χ4v) is 3.61. The van der Waals surface area contributed by atoms with Gasteiger partial charge in [-0.25, -0.2) is 9.38 Å². The number of likely N-dealkylation sites (tertiary alicyclic amines) is 1. The first-order chi connectivity index (χ1) is 14.8. The minimum absolute atomic E-state index is 0.0654. The number of halogens is 1. The van der Waals surface area contributed by atoms with E-state index in [0.29, 0.717) is 19.5 Å². The van der Waals surface area contributed by atoms with Crippen LogP contribution in [0.5, 0.6) is 0 Å². The van der Waals surface area contributed by atoms with E-state index < -0.39 is 5.83 Å². The molecule has 0 saturated carbocycles. The Bertz CT molecular complexity index is 834. The van der Waals surface area contributed by atoms with Crippen molar-refractivity contribution in [2.45, 2.75) is 45.6 Å². The van der Waals surface area contributed by atoms with Crippen LogP contribution < -0.4 is 10.6 Å². The van der Waals surface area contributed by atoms with Gasteiger partial charge in [-0.1, -0.05) is 43.0 Å². The van der Waals surface area contributed by atoms with E-state index in [1.54, 1.807) is 4.90 Å². The monoisotopic (exact) mass is 426 g/mol.